The number of piperidine rings is 1. The van der Waals surface area contributed by atoms with Gasteiger partial charge in [0, 0.05) is 19.2 Å². The first kappa shape index (κ1) is 19.0. The first-order valence-electron chi connectivity index (χ1n) is 8.98. The van der Waals surface area contributed by atoms with E-state index in [9.17, 15) is 9.59 Å². The standard InChI is InChI=1S/C20H27NO4/c1-2-24-19(22)11-7-6-8-17-12-14-21(15-13-17)20(23)25-16-18-9-4-3-5-10-18/h3-5,7,9-11,17H,2,6,8,12-16H2,1H3. The van der Waals surface area contributed by atoms with Crippen LogP contribution >= 0.6 is 0 Å². The van der Waals surface area contributed by atoms with Crippen molar-refractivity contribution in [2.45, 2.75) is 39.2 Å². The van der Waals surface area contributed by atoms with Crippen LogP contribution in [0, 0.1) is 5.92 Å². The lowest BCUT2D eigenvalue weighted by molar-refractivity contribution is -0.137. The van der Waals surface area contributed by atoms with E-state index in [0.29, 0.717) is 19.1 Å². The Bertz CT molecular complexity index is 562. The molecule has 1 aliphatic heterocycles. The van der Waals surface area contributed by atoms with Crippen LogP contribution in [0.5, 0.6) is 0 Å². The minimum absolute atomic E-state index is 0.232. The van der Waals surface area contributed by atoms with Crippen molar-refractivity contribution in [2.75, 3.05) is 19.7 Å². The summed E-state index contributed by atoms with van der Waals surface area (Å²) in [6.45, 7) is 3.99. The lowest BCUT2D eigenvalue weighted by Gasteiger charge is -2.31. The number of hydrogen-bond acceptors (Lipinski definition) is 4. The molecule has 0 aromatic heterocycles. The maximum Gasteiger partial charge on any atom is 0.410 e. The Balaban J connectivity index is 1.62. The van der Waals surface area contributed by atoms with E-state index in [1.54, 1.807) is 11.8 Å². The van der Waals surface area contributed by atoms with Crippen molar-refractivity contribution in [1.29, 1.82) is 0 Å². The second-order valence-electron chi connectivity index (χ2n) is 6.20. The van der Waals surface area contributed by atoms with Crippen LogP contribution in [0.2, 0.25) is 0 Å². The third kappa shape index (κ3) is 6.99. The molecule has 1 heterocycles. The van der Waals surface area contributed by atoms with Gasteiger partial charge >= 0.3 is 12.1 Å². The smallest absolute Gasteiger partial charge is 0.410 e. The summed E-state index contributed by atoms with van der Waals surface area (Å²) in [4.78, 5) is 25.1. The quantitative estimate of drug-likeness (QED) is 0.555. The van der Waals surface area contributed by atoms with Crippen molar-refractivity contribution in [3.05, 3.63) is 48.0 Å². The lowest BCUT2D eigenvalue weighted by atomic mass is 9.92. The molecule has 25 heavy (non-hydrogen) atoms. The summed E-state index contributed by atoms with van der Waals surface area (Å²) in [5, 5.41) is 0. The summed E-state index contributed by atoms with van der Waals surface area (Å²) < 4.78 is 10.2. The molecule has 0 N–H and O–H groups in total. The largest absolute Gasteiger partial charge is 0.463 e. The van der Waals surface area contributed by atoms with E-state index in [1.165, 1.54) is 6.08 Å². The molecule has 2 rings (SSSR count). The van der Waals surface area contributed by atoms with Crippen LogP contribution in [0.3, 0.4) is 0 Å². The van der Waals surface area contributed by atoms with Crippen LogP contribution in [0.25, 0.3) is 0 Å². The maximum atomic E-state index is 12.1. The topological polar surface area (TPSA) is 55.8 Å². The molecule has 0 aliphatic carbocycles. The minimum Gasteiger partial charge on any atom is -0.463 e. The molecule has 0 spiro atoms. The second-order valence-corrected chi connectivity index (χ2v) is 6.20. The summed E-state index contributed by atoms with van der Waals surface area (Å²) >= 11 is 0. The molecule has 136 valence electrons. The molecule has 1 saturated heterocycles. The first-order chi connectivity index (χ1) is 12.2. The maximum absolute atomic E-state index is 12.1. The number of hydrogen-bond donors (Lipinski definition) is 0. The molecular weight excluding hydrogens is 318 g/mol. The van der Waals surface area contributed by atoms with E-state index in [4.69, 9.17) is 9.47 Å². The van der Waals surface area contributed by atoms with Crippen LogP contribution in [-0.4, -0.2) is 36.7 Å². The van der Waals surface area contributed by atoms with Gasteiger partial charge in [-0.1, -0.05) is 36.4 Å². The zero-order chi connectivity index (χ0) is 17.9. The van der Waals surface area contributed by atoms with Crippen LogP contribution < -0.4 is 0 Å². The van der Waals surface area contributed by atoms with Crippen LogP contribution in [0.15, 0.2) is 42.5 Å². The highest BCUT2D eigenvalue weighted by Crippen LogP contribution is 2.22. The van der Waals surface area contributed by atoms with Crippen molar-refractivity contribution in [3.8, 4) is 0 Å². The van der Waals surface area contributed by atoms with Gasteiger partial charge in [0.2, 0.25) is 0 Å². The summed E-state index contributed by atoms with van der Waals surface area (Å²) in [5.41, 5.74) is 0.999. The number of rotatable bonds is 7. The Morgan fingerprint density at radius 1 is 1.16 bits per heavy atom. The molecule has 0 atom stereocenters. The molecule has 0 unspecified atom stereocenters. The highest BCUT2D eigenvalue weighted by molar-refractivity contribution is 5.81. The molecule has 1 aromatic rings. The van der Waals surface area contributed by atoms with E-state index < -0.39 is 0 Å². The van der Waals surface area contributed by atoms with Gasteiger partial charge in [0.05, 0.1) is 6.61 Å². The van der Waals surface area contributed by atoms with Crippen LogP contribution in [0.1, 0.15) is 38.2 Å². The highest BCUT2D eigenvalue weighted by atomic mass is 16.6. The van der Waals surface area contributed by atoms with Gasteiger partial charge < -0.3 is 14.4 Å². The summed E-state index contributed by atoms with van der Waals surface area (Å²) in [5.74, 6) is 0.309. The average molecular weight is 345 g/mol. The summed E-state index contributed by atoms with van der Waals surface area (Å²) in [6.07, 6.45) is 6.99. The molecule has 0 bridgehead atoms. The number of allylic oxidation sites excluding steroid dienone is 1. The summed E-state index contributed by atoms with van der Waals surface area (Å²) in [6, 6.07) is 9.71. The van der Waals surface area contributed by atoms with E-state index in [1.807, 2.05) is 36.4 Å². The Hall–Kier alpha value is -2.30. The van der Waals surface area contributed by atoms with Gasteiger partial charge in [0.15, 0.2) is 0 Å². The fraction of sp³-hybridized carbons (Fsp3) is 0.500. The normalized spacial score (nSPS) is 15.3. The molecule has 0 saturated carbocycles. The number of ether oxygens (including phenoxy) is 2. The van der Waals surface area contributed by atoms with Gasteiger partial charge in [-0.2, -0.15) is 0 Å². The van der Waals surface area contributed by atoms with E-state index in [0.717, 1.165) is 44.3 Å². The Kier molecular flexibility index (Phi) is 8.02. The minimum atomic E-state index is -0.279. The number of benzene rings is 1. The van der Waals surface area contributed by atoms with Gasteiger partial charge in [-0.15, -0.1) is 0 Å². The third-order valence-electron chi connectivity index (χ3n) is 4.36. The number of likely N-dealkylation sites (tertiary alicyclic amines) is 1. The second kappa shape index (κ2) is 10.5. The molecule has 5 heteroatoms. The Labute approximate surface area is 149 Å². The van der Waals surface area contributed by atoms with Crippen molar-refractivity contribution in [3.63, 3.8) is 0 Å². The molecule has 1 aromatic carbocycles. The van der Waals surface area contributed by atoms with Gasteiger partial charge in [-0.25, -0.2) is 9.59 Å². The zero-order valence-corrected chi connectivity index (χ0v) is 14.9. The number of nitrogens with zero attached hydrogens (tertiary/aromatic N) is 1. The van der Waals surface area contributed by atoms with Crippen LogP contribution in [0.4, 0.5) is 4.79 Å². The lowest BCUT2D eigenvalue weighted by Crippen LogP contribution is -2.38. The predicted molar refractivity (Wildman–Crippen MR) is 95.9 cm³/mol. The Morgan fingerprint density at radius 3 is 2.56 bits per heavy atom. The molecule has 0 radical (unpaired) electrons. The molecule has 1 aliphatic rings. The van der Waals surface area contributed by atoms with E-state index in [-0.39, 0.29) is 12.1 Å². The van der Waals surface area contributed by atoms with Crippen LogP contribution in [-0.2, 0) is 20.9 Å². The molecule has 5 nitrogen and oxygen atoms in total. The predicted octanol–water partition coefficient (Wildman–Crippen LogP) is 3.93. The SMILES string of the molecule is CCOC(=O)C=CCCC1CCN(C(=O)OCc2ccccc2)CC1. The summed E-state index contributed by atoms with van der Waals surface area (Å²) in [7, 11) is 0. The highest BCUT2D eigenvalue weighted by Gasteiger charge is 2.23. The molecule has 1 fully saturated rings. The monoisotopic (exact) mass is 345 g/mol. The van der Waals surface area contributed by atoms with Crippen molar-refractivity contribution in [1.82, 2.24) is 4.90 Å². The number of esters is 1. The van der Waals surface area contributed by atoms with Gasteiger partial charge in [0.25, 0.3) is 0 Å². The van der Waals surface area contributed by atoms with E-state index in [2.05, 4.69) is 0 Å². The number of carbonyl (C=O) groups is 2. The van der Waals surface area contributed by atoms with Crippen molar-refractivity contribution < 1.29 is 19.1 Å². The Morgan fingerprint density at radius 2 is 1.88 bits per heavy atom. The first-order valence-corrected chi connectivity index (χ1v) is 8.98. The van der Waals surface area contributed by atoms with Crippen molar-refractivity contribution in [2.24, 2.45) is 5.92 Å². The fourth-order valence-corrected chi connectivity index (χ4v) is 2.92. The average Bonchev–Trinajstić information content (AvgIpc) is 2.65. The third-order valence-corrected chi connectivity index (χ3v) is 4.36. The molecule has 1 amide bonds. The van der Waals surface area contributed by atoms with Gasteiger partial charge in [-0.05, 0) is 44.1 Å². The van der Waals surface area contributed by atoms with Crippen molar-refractivity contribution >= 4 is 12.1 Å². The zero-order valence-electron chi connectivity index (χ0n) is 14.9. The van der Waals surface area contributed by atoms with E-state index >= 15 is 0 Å². The fourth-order valence-electron chi connectivity index (χ4n) is 2.92. The number of carbonyl (C=O) groups excluding carboxylic acids is 2. The van der Waals surface area contributed by atoms with Gasteiger partial charge in [-0.3, -0.25) is 0 Å². The van der Waals surface area contributed by atoms with Gasteiger partial charge in [0.1, 0.15) is 6.61 Å². The molecular formula is C20H27NO4. The number of amides is 1.